The highest BCUT2D eigenvalue weighted by atomic mass is 32.2. The number of thioether (sulfide) groups is 2. The van der Waals surface area contributed by atoms with Crippen molar-refractivity contribution in [1.29, 1.82) is 5.26 Å². The number of nitrogens with zero attached hydrogens (tertiary/aromatic N) is 2. The van der Waals surface area contributed by atoms with Crippen LogP contribution in [0.15, 0.2) is 88.0 Å². The highest BCUT2D eigenvalue weighted by Gasteiger charge is 2.36. The summed E-state index contributed by atoms with van der Waals surface area (Å²) in [6.07, 6.45) is 1.06. The molecule has 5 nitrogen and oxygen atoms in total. The number of hydrogen-bond donors (Lipinski definition) is 0. The Morgan fingerprint density at radius 1 is 0.944 bits per heavy atom. The number of carbonyl (C=O) groups is 1. The fourth-order valence-corrected chi connectivity index (χ4v) is 7.84. The van der Waals surface area contributed by atoms with E-state index in [4.69, 9.17) is 0 Å². The lowest BCUT2D eigenvalue weighted by atomic mass is 9.86. The zero-order chi connectivity index (χ0) is 25.7. The van der Waals surface area contributed by atoms with Gasteiger partial charge in [-0.05, 0) is 65.8 Å². The van der Waals surface area contributed by atoms with Crippen LogP contribution in [0.4, 0.5) is 0 Å². The third kappa shape index (κ3) is 5.54. The Morgan fingerprint density at radius 3 is 2.14 bits per heavy atom. The van der Waals surface area contributed by atoms with Crippen LogP contribution in [0.25, 0.3) is 5.57 Å². The number of rotatable bonds is 6. The van der Waals surface area contributed by atoms with Crippen LogP contribution in [0.3, 0.4) is 0 Å². The molecule has 0 bridgehead atoms. The summed E-state index contributed by atoms with van der Waals surface area (Å²) in [6, 6.07) is 25.1. The zero-order valence-electron chi connectivity index (χ0n) is 20.0. The van der Waals surface area contributed by atoms with Gasteiger partial charge in [0, 0.05) is 11.3 Å². The quantitative estimate of drug-likeness (QED) is 0.384. The number of amides is 1. The van der Waals surface area contributed by atoms with E-state index < -0.39 is 21.8 Å². The average Bonchev–Trinajstić information content (AvgIpc) is 2.92. The van der Waals surface area contributed by atoms with Gasteiger partial charge in [0.2, 0.25) is 5.91 Å². The van der Waals surface area contributed by atoms with Gasteiger partial charge in [-0.2, -0.15) is 5.26 Å². The Balaban J connectivity index is 1.87. The van der Waals surface area contributed by atoms with Gasteiger partial charge >= 0.3 is 0 Å². The molecule has 36 heavy (non-hydrogen) atoms. The molecule has 1 amide bonds. The van der Waals surface area contributed by atoms with Crippen LogP contribution in [0.5, 0.6) is 0 Å². The molecule has 1 aliphatic rings. The van der Waals surface area contributed by atoms with Crippen LogP contribution >= 0.6 is 23.5 Å². The summed E-state index contributed by atoms with van der Waals surface area (Å²) in [6.45, 7) is 1.88. The molecule has 0 saturated carbocycles. The van der Waals surface area contributed by atoms with Crippen LogP contribution in [-0.2, 0) is 14.8 Å². The molecular formula is C28H26N2O3S3. The zero-order valence-corrected chi connectivity index (χ0v) is 22.5. The van der Waals surface area contributed by atoms with E-state index in [-0.39, 0.29) is 4.90 Å². The minimum absolute atomic E-state index is 0.0738. The number of carbonyl (C=O) groups excluding carboxylic acids is 1. The predicted molar refractivity (Wildman–Crippen MR) is 148 cm³/mol. The molecule has 3 aromatic rings. The second-order valence-electron chi connectivity index (χ2n) is 8.41. The van der Waals surface area contributed by atoms with Gasteiger partial charge in [-0.15, -0.1) is 23.5 Å². The van der Waals surface area contributed by atoms with Crippen molar-refractivity contribution in [2.75, 3.05) is 18.6 Å². The smallest absolute Gasteiger partial charge is 0.266 e. The summed E-state index contributed by atoms with van der Waals surface area (Å²) in [5, 5.41) is 9.28. The Morgan fingerprint density at radius 2 is 1.56 bits per heavy atom. The maximum atomic E-state index is 14.2. The van der Waals surface area contributed by atoms with E-state index >= 15 is 0 Å². The van der Waals surface area contributed by atoms with Gasteiger partial charge in [-0.1, -0.05) is 60.2 Å². The molecule has 1 atom stereocenters. The molecule has 1 saturated heterocycles. The number of nitriles is 1. The van der Waals surface area contributed by atoms with E-state index in [2.05, 4.69) is 6.07 Å². The van der Waals surface area contributed by atoms with Crippen LogP contribution in [0.2, 0.25) is 0 Å². The van der Waals surface area contributed by atoms with Crippen molar-refractivity contribution in [1.82, 2.24) is 4.31 Å². The standard InChI is InChI=1S/C28H26N2O3S3/c1-20-9-15-24(16-10-20)36(32,33)30(2)27(31)25(22-7-4-3-5-8-22)26(28-34-17-6-18-35-28)23-13-11-21(19-29)12-14-23/h3-5,7-16,25H,6,17-18H2,1-2H3. The van der Waals surface area contributed by atoms with Crippen molar-refractivity contribution >= 4 is 45.0 Å². The Labute approximate surface area is 221 Å². The van der Waals surface area contributed by atoms with E-state index in [1.165, 1.54) is 19.2 Å². The average molecular weight is 535 g/mol. The summed E-state index contributed by atoms with van der Waals surface area (Å²) in [5.74, 6) is 0.489. The fourth-order valence-electron chi connectivity index (χ4n) is 3.96. The van der Waals surface area contributed by atoms with Crippen molar-refractivity contribution in [3.8, 4) is 6.07 Å². The van der Waals surface area contributed by atoms with Gasteiger partial charge in [-0.25, -0.2) is 12.7 Å². The minimum Gasteiger partial charge on any atom is -0.273 e. The molecule has 0 aliphatic carbocycles. The molecule has 4 rings (SSSR count). The van der Waals surface area contributed by atoms with Gasteiger partial charge in [-0.3, -0.25) is 4.79 Å². The summed E-state index contributed by atoms with van der Waals surface area (Å²) in [7, 11) is -2.73. The predicted octanol–water partition coefficient (Wildman–Crippen LogP) is 6.04. The van der Waals surface area contributed by atoms with Crippen LogP contribution in [0, 0.1) is 18.3 Å². The molecule has 8 heteroatoms. The largest absolute Gasteiger partial charge is 0.273 e. The molecular weight excluding hydrogens is 509 g/mol. The molecule has 0 spiro atoms. The van der Waals surface area contributed by atoms with Crippen LogP contribution in [-0.4, -0.2) is 37.2 Å². The first-order valence-corrected chi connectivity index (χ1v) is 14.9. The monoisotopic (exact) mass is 534 g/mol. The third-order valence-electron chi connectivity index (χ3n) is 5.96. The lowest BCUT2D eigenvalue weighted by molar-refractivity contribution is -0.125. The second-order valence-corrected chi connectivity index (χ2v) is 12.8. The normalized spacial score (nSPS) is 14.5. The number of benzene rings is 3. The first-order chi connectivity index (χ1) is 17.3. The minimum atomic E-state index is -4.06. The molecule has 1 aliphatic heterocycles. The van der Waals surface area contributed by atoms with Gasteiger partial charge in [0.25, 0.3) is 10.0 Å². The van der Waals surface area contributed by atoms with E-state index in [9.17, 15) is 18.5 Å². The molecule has 184 valence electrons. The van der Waals surface area contributed by atoms with Gasteiger partial charge in [0.15, 0.2) is 0 Å². The van der Waals surface area contributed by atoms with Crippen molar-refractivity contribution in [2.24, 2.45) is 0 Å². The Bertz CT molecular complexity index is 1400. The second kappa shape index (κ2) is 11.4. The molecule has 0 aromatic heterocycles. The number of hydrogen-bond acceptors (Lipinski definition) is 6. The van der Waals surface area contributed by atoms with E-state index in [0.29, 0.717) is 11.1 Å². The van der Waals surface area contributed by atoms with E-state index in [1.54, 1.807) is 47.8 Å². The molecule has 1 fully saturated rings. The maximum Gasteiger partial charge on any atom is 0.266 e. The Kier molecular flexibility index (Phi) is 8.24. The molecule has 0 radical (unpaired) electrons. The van der Waals surface area contributed by atoms with Crippen LogP contribution < -0.4 is 0 Å². The van der Waals surface area contributed by atoms with Gasteiger partial charge < -0.3 is 0 Å². The highest BCUT2D eigenvalue weighted by Crippen LogP contribution is 2.47. The van der Waals surface area contributed by atoms with Crippen molar-refractivity contribution in [2.45, 2.75) is 24.2 Å². The first-order valence-electron chi connectivity index (χ1n) is 11.5. The highest BCUT2D eigenvalue weighted by molar-refractivity contribution is 8.23. The lowest BCUT2D eigenvalue weighted by Crippen LogP contribution is -2.37. The first kappa shape index (κ1) is 26.1. The van der Waals surface area contributed by atoms with Crippen molar-refractivity contribution in [3.05, 3.63) is 105 Å². The summed E-state index contributed by atoms with van der Waals surface area (Å²) < 4.78 is 28.8. The Hall–Kier alpha value is -2.99. The van der Waals surface area contributed by atoms with Crippen LogP contribution in [0.1, 0.15) is 34.6 Å². The molecule has 1 unspecified atom stereocenters. The van der Waals surface area contributed by atoms with Gasteiger partial charge in [0.05, 0.1) is 22.4 Å². The molecule has 1 heterocycles. The summed E-state index contributed by atoms with van der Waals surface area (Å²) >= 11 is 3.38. The number of likely N-dealkylation sites (N-methyl/N-ethyl adjacent to an activating group) is 1. The SMILES string of the molecule is Cc1ccc(S(=O)(=O)N(C)C(=O)C(C(=C2SCCCS2)c2ccc(C#N)cc2)c2ccccc2)cc1. The number of sulfonamides is 1. The summed E-state index contributed by atoms with van der Waals surface area (Å²) in [5.41, 5.74) is 3.75. The van der Waals surface area contributed by atoms with E-state index in [0.717, 1.165) is 43.2 Å². The van der Waals surface area contributed by atoms with E-state index in [1.807, 2.05) is 49.4 Å². The third-order valence-corrected chi connectivity index (χ3v) is 10.4. The summed E-state index contributed by atoms with van der Waals surface area (Å²) in [4.78, 5) is 14.2. The topological polar surface area (TPSA) is 78.2 Å². The van der Waals surface area contributed by atoms with Gasteiger partial charge in [0.1, 0.15) is 0 Å². The molecule has 0 N–H and O–H groups in total. The van der Waals surface area contributed by atoms with Crippen molar-refractivity contribution in [3.63, 3.8) is 0 Å². The fraction of sp³-hybridized carbons (Fsp3) is 0.214. The lowest BCUT2D eigenvalue weighted by Gasteiger charge is -2.29. The maximum absolute atomic E-state index is 14.2. The van der Waals surface area contributed by atoms with Crippen molar-refractivity contribution < 1.29 is 13.2 Å². The molecule has 3 aromatic carbocycles. The number of aryl methyl sites for hydroxylation is 1.